The Labute approximate surface area is 57.0 Å². The number of allylic oxidation sites excluding steroid dienone is 2. The van der Waals surface area contributed by atoms with Gasteiger partial charge in [0.25, 0.3) is 0 Å². The Bertz CT molecular complexity index is 128. The largest absolute Gasteiger partial charge is 0.0850 e. The van der Waals surface area contributed by atoms with E-state index in [0.717, 1.165) is 11.8 Å². The number of hydrogen-bond donors (Lipinski definition) is 0. The average molecular weight is 122 g/mol. The normalized spacial score (nSPS) is 38.6. The molecule has 0 radical (unpaired) electrons. The molecule has 3 rings (SSSR count). The molecule has 0 aromatic heterocycles. The standard InChI is InChI=1S/C9H14/c1-2-3-9-7-4-5-8(9)6-7/h3,7-8H,2,4-6H2,1H3. The molecule has 3 fully saturated rings. The fraction of sp³-hybridized carbons (Fsp3) is 0.778. The zero-order valence-corrected chi connectivity index (χ0v) is 6.06. The Morgan fingerprint density at radius 2 is 2.11 bits per heavy atom. The van der Waals surface area contributed by atoms with Gasteiger partial charge in [0.05, 0.1) is 0 Å². The molecule has 2 unspecified atom stereocenters. The molecule has 2 atom stereocenters. The second-order valence-corrected chi connectivity index (χ2v) is 3.32. The van der Waals surface area contributed by atoms with E-state index in [2.05, 4.69) is 13.0 Å². The Balaban J connectivity index is 2.10. The molecule has 0 N–H and O–H groups in total. The van der Waals surface area contributed by atoms with Crippen LogP contribution in [0.25, 0.3) is 0 Å². The first-order valence-electron chi connectivity index (χ1n) is 4.11. The van der Waals surface area contributed by atoms with Crippen molar-refractivity contribution < 1.29 is 0 Å². The first-order valence-corrected chi connectivity index (χ1v) is 4.11. The summed E-state index contributed by atoms with van der Waals surface area (Å²) in [6.07, 6.45) is 8.22. The van der Waals surface area contributed by atoms with Gasteiger partial charge in [-0.25, -0.2) is 0 Å². The van der Waals surface area contributed by atoms with Crippen LogP contribution in [0, 0.1) is 11.8 Å². The Morgan fingerprint density at radius 1 is 1.44 bits per heavy atom. The zero-order valence-electron chi connectivity index (χ0n) is 6.06. The zero-order chi connectivity index (χ0) is 6.27. The SMILES string of the molecule is CCC=C1C2CCC1C2. The van der Waals surface area contributed by atoms with Gasteiger partial charge in [-0.05, 0) is 37.5 Å². The quantitative estimate of drug-likeness (QED) is 0.469. The lowest BCUT2D eigenvalue weighted by molar-refractivity contribution is 0.441. The summed E-state index contributed by atoms with van der Waals surface area (Å²) < 4.78 is 0. The molecule has 0 aromatic rings. The van der Waals surface area contributed by atoms with E-state index < -0.39 is 0 Å². The van der Waals surface area contributed by atoms with Crippen LogP contribution in [0.4, 0.5) is 0 Å². The Hall–Kier alpha value is -0.260. The predicted molar refractivity (Wildman–Crippen MR) is 39.2 cm³/mol. The van der Waals surface area contributed by atoms with E-state index in [1.807, 2.05) is 0 Å². The maximum atomic E-state index is 2.45. The summed E-state index contributed by atoms with van der Waals surface area (Å²) in [7, 11) is 0. The van der Waals surface area contributed by atoms with Gasteiger partial charge in [-0.2, -0.15) is 0 Å². The minimum absolute atomic E-state index is 1.04. The molecule has 0 heteroatoms. The van der Waals surface area contributed by atoms with Gasteiger partial charge in [-0.3, -0.25) is 0 Å². The van der Waals surface area contributed by atoms with Crippen molar-refractivity contribution in [3.63, 3.8) is 0 Å². The maximum Gasteiger partial charge on any atom is -0.0195 e. The van der Waals surface area contributed by atoms with Crippen molar-refractivity contribution in [3.05, 3.63) is 11.6 Å². The second kappa shape index (κ2) is 1.86. The Kier molecular flexibility index (Phi) is 1.14. The molecule has 0 saturated heterocycles. The van der Waals surface area contributed by atoms with Gasteiger partial charge in [0.15, 0.2) is 0 Å². The third-order valence-electron chi connectivity index (χ3n) is 2.82. The van der Waals surface area contributed by atoms with Gasteiger partial charge in [-0.1, -0.05) is 18.6 Å². The third-order valence-corrected chi connectivity index (χ3v) is 2.82. The summed E-state index contributed by atoms with van der Waals surface area (Å²) >= 11 is 0. The van der Waals surface area contributed by atoms with Crippen molar-refractivity contribution in [2.75, 3.05) is 0 Å². The fourth-order valence-corrected chi connectivity index (χ4v) is 2.33. The molecular formula is C9H14. The first-order chi connectivity index (χ1) is 4.42. The van der Waals surface area contributed by atoms with Gasteiger partial charge in [0.2, 0.25) is 0 Å². The van der Waals surface area contributed by atoms with Crippen LogP contribution in [0.5, 0.6) is 0 Å². The summed E-state index contributed by atoms with van der Waals surface area (Å²) in [5.74, 6) is 2.07. The van der Waals surface area contributed by atoms with E-state index >= 15 is 0 Å². The van der Waals surface area contributed by atoms with E-state index in [9.17, 15) is 0 Å². The van der Waals surface area contributed by atoms with Crippen LogP contribution in [-0.2, 0) is 0 Å². The summed E-state index contributed by atoms with van der Waals surface area (Å²) in [6.45, 7) is 2.24. The molecule has 3 aliphatic rings. The van der Waals surface area contributed by atoms with Gasteiger partial charge in [-0.15, -0.1) is 0 Å². The van der Waals surface area contributed by atoms with Gasteiger partial charge in [0, 0.05) is 0 Å². The topological polar surface area (TPSA) is 0 Å². The fourth-order valence-electron chi connectivity index (χ4n) is 2.33. The first kappa shape index (κ1) is 5.52. The second-order valence-electron chi connectivity index (χ2n) is 3.32. The number of rotatable bonds is 1. The molecule has 0 nitrogen and oxygen atoms in total. The lowest BCUT2D eigenvalue weighted by atomic mass is 9.78. The van der Waals surface area contributed by atoms with Crippen LogP contribution in [0.2, 0.25) is 0 Å². The van der Waals surface area contributed by atoms with Crippen LogP contribution in [0.15, 0.2) is 11.6 Å². The summed E-state index contributed by atoms with van der Waals surface area (Å²) in [6, 6.07) is 0. The monoisotopic (exact) mass is 122 g/mol. The molecule has 0 aliphatic heterocycles. The highest BCUT2D eigenvalue weighted by Gasteiger charge is 2.40. The molecule has 3 aliphatic carbocycles. The molecule has 0 spiro atoms. The molecule has 9 heavy (non-hydrogen) atoms. The number of fused-ring (bicyclic) bond motifs is 1. The maximum absolute atomic E-state index is 2.45. The van der Waals surface area contributed by atoms with Crippen molar-refractivity contribution in [3.8, 4) is 0 Å². The van der Waals surface area contributed by atoms with Crippen molar-refractivity contribution >= 4 is 0 Å². The van der Waals surface area contributed by atoms with Crippen molar-refractivity contribution in [2.45, 2.75) is 32.6 Å². The van der Waals surface area contributed by atoms with Crippen LogP contribution in [0.3, 0.4) is 0 Å². The van der Waals surface area contributed by atoms with Gasteiger partial charge >= 0.3 is 0 Å². The highest BCUT2D eigenvalue weighted by atomic mass is 14.5. The minimum Gasteiger partial charge on any atom is -0.0850 e. The highest BCUT2D eigenvalue weighted by Crippen LogP contribution is 2.52. The molecule has 0 heterocycles. The predicted octanol–water partition coefficient (Wildman–Crippen LogP) is 2.75. The van der Waals surface area contributed by atoms with Crippen molar-refractivity contribution in [2.24, 2.45) is 11.8 Å². The lowest BCUT2D eigenvalue weighted by Crippen LogP contribution is -2.16. The minimum atomic E-state index is 1.04. The van der Waals surface area contributed by atoms with Crippen LogP contribution in [-0.4, -0.2) is 0 Å². The van der Waals surface area contributed by atoms with Crippen molar-refractivity contribution in [1.29, 1.82) is 0 Å². The van der Waals surface area contributed by atoms with E-state index in [1.54, 1.807) is 5.57 Å². The van der Waals surface area contributed by atoms with E-state index in [-0.39, 0.29) is 0 Å². The molecule has 3 saturated carbocycles. The molecular weight excluding hydrogens is 108 g/mol. The van der Waals surface area contributed by atoms with Crippen molar-refractivity contribution in [1.82, 2.24) is 0 Å². The van der Waals surface area contributed by atoms with Gasteiger partial charge < -0.3 is 0 Å². The molecule has 0 amide bonds. The van der Waals surface area contributed by atoms with E-state index in [4.69, 9.17) is 0 Å². The highest BCUT2D eigenvalue weighted by molar-refractivity contribution is 5.24. The average Bonchev–Trinajstić information content (AvgIpc) is 2.39. The molecule has 2 bridgehead atoms. The van der Waals surface area contributed by atoms with E-state index in [0.29, 0.717) is 0 Å². The summed E-state index contributed by atoms with van der Waals surface area (Å²) in [4.78, 5) is 0. The lowest BCUT2D eigenvalue weighted by Gasteiger charge is -2.27. The molecule has 50 valence electrons. The summed E-state index contributed by atoms with van der Waals surface area (Å²) in [5.41, 5.74) is 1.80. The molecule has 0 aromatic carbocycles. The van der Waals surface area contributed by atoms with Crippen LogP contribution in [0.1, 0.15) is 32.6 Å². The smallest absolute Gasteiger partial charge is 0.0195 e. The third kappa shape index (κ3) is 0.654. The van der Waals surface area contributed by atoms with E-state index in [1.165, 1.54) is 25.7 Å². The van der Waals surface area contributed by atoms with Crippen LogP contribution >= 0.6 is 0 Å². The Morgan fingerprint density at radius 3 is 2.56 bits per heavy atom. The summed E-state index contributed by atoms with van der Waals surface area (Å²) in [5, 5.41) is 0. The van der Waals surface area contributed by atoms with Gasteiger partial charge in [0.1, 0.15) is 0 Å². The number of hydrogen-bond acceptors (Lipinski definition) is 0. The van der Waals surface area contributed by atoms with Crippen LogP contribution < -0.4 is 0 Å².